The van der Waals surface area contributed by atoms with Crippen LogP contribution in [0.2, 0.25) is 5.02 Å². The van der Waals surface area contributed by atoms with E-state index in [4.69, 9.17) is 11.6 Å². The highest BCUT2D eigenvalue weighted by Crippen LogP contribution is 2.21. The van der Waals surface area contributed by atoms with Crippen LogP contribution in [0.4, 0.5) is 5.69 Å². The normalized spacial score (nSPS) is 11.7. The van der Waals surface area contributed by atoms with E-state index >= 15 is 0 Å². The van der Waals surface area contributed by atoms with Gasteiger partial charge in [-0.1, -0.05) is 48.9 Å². The predicted octanol–water partition coefficient (Wildman–Crippen LogP) is 3.66. The summed E-state index contributed by atoms with van der Waals surface area (Å²) in [4.78, 5) is 24.1. The highest BCUT2D eigenvalue weighted by molar-refractivity contribution is 6.30. The lowest BCUT2D eigenvalue weighted by Crippen LogP contribution is -2.30. The molecule has 3 N–H and O–H groups in total. The molecule has 1 atom stereocenters. The summed E-state index contributed by atoms with van der Waals surface area (Å²) in [5.41, 5.74) is 2.63. The molecule has 1 unspecified atom stereocenters. The van der Waals surface area contributed by atoms with Crippen LogP contribution in [-0.4, -0.2) is 18.4 Å². The Balaban J connectivity index is 2.10. The molecule has 0 heterocycles. The summed E-state index contributed by atoms with van der Waals surface area (Å²) in [5.74, 6) is -0.354. The van der Waals surface area contributed by atoms with Gasteiger partial charge in [0.2, 0.25) is 11.8 Å². The fraction of sp³-hybridized carbons (Fsp3) is 0.300. The molecule has 0 aliphatic rings. The molecule has 0 aliphatic heterocycles. The maximum Gasteiger partial charge on any atom is 0.226 e. The van der Waals surface area contributed by atoms with Crippen molar-refractivity contribution in [3.8, 4) is 0 Å². The first-order valence-corrected chi connectivity index (χ1v) is 8.98. The van der Waals surface area contributed by atoms with Crippen molar-refractivity contribution in [2.24, 2.45) is 0 Å². The summed E-state index contributed by atoms with van der Waals surface area (Å²) in [6.45, 7) is 5.00. The zero-order valence-corrected chi connectivity index (χ0v) is 15.8. The highest BCUT2D eigenvalue weighted by atomic mass is 35.5. The number of para-hydroxylation sites is 1. The van der Waals surface area contributed by atoms with E-state index in [2.05, 4.69) is 16.0 Å². The van der Waals surface area contributed by atoms with E-state index in [1.54, 1.807) is 12.1 Å². The second-order valence-electron chi connectivity index (χ2n) is 5.99. The second kappa shape index (κ2) is 9.94. The van der Waals surface area contributed by atoms with Gasteiger partial charge in [0, 0.05) is 24.2 Å². The Kier molecular flexibility index (Phi) is 7.63. The third-order valence-corrected chi connectivity index (χ3v) is 4.15. The van der Waals surface area contributed by atoms with Crippen LogP contribution >= 0.6 is 11.6 Å². The zero-order valence-electron chi connectivity index (χ0n) is 15.0. The van der Waals surface area contributed by atoms with Gasteiger partial charge in [0.05, 0.1) is 12.5 Å². The van der Waals surface area contributed by atoms with Crippen LogP contribution in [0.1, 0.15) is 37.4 Å². The van der Waals surface area contributed by atoms with Crippen molar-refractivity contribution >= 4 is 29.1 Å². The third-order valence-electron chi connectivity index (χ3n) is 3.90. The lowest BCUT2D eigenvalue weighted by Gasteiger charge is -2.19. The highest BCUT2D eigenvalue weighted by Gasteiger charge is 2.18. The Labute approximate surface area is 159 Å². The van der Waals surface area contributed by atoms with Crippen LogP contribution in [0.25, 0.3) is 0 Å². The molecule has 138 valence electrons. The fourth-order valence-electron chi connectivity index (χ4n) is 2.64. The minimum Gasteiger partial charge on any atom is -0.349 e. The Morgan fingerprint density at radius 3 is 2.42 bits per heavy atom. The molecule has 0 radical (unpaired) electrons. The number of nitrogens with one attached hydrogen (secondary N) is 3. The molecule has 26 heavy (non-hydrogen) atoms. The third kappa shape index (κ3) is 6.17. The van der Waals surface area contributed by atoms with Crippen molar-refractivity contribution in [3.05, 3.63) is 64.7 Å². The number of rotatable bonds is 8. The lowest BCUT2D eigenvalue weighted by atomic mass is 10.0. The van der Waals surface area contributed by atoms with E-state index in [9.17, 15) is 9.59 Å². The SMILES string of the molecule is CCNCc1ccccc1NC(=O)CC(NC(C)=O)c1ccc(Cl)cc1. The topological polar surface area (TPSA) is 70.2 Å². The van der Waals surface area contributed by atoms with Crippen molar-refractivity contribution in [2.75, 3.05) is 11.9 Å². The molecule has 6 heteroatoms. The molecule has 2 amide bonds. The smallest absolute Gasteiger partial charge is 0.226 e. The summed E-state index contributed by atoms with van der Waals surface area (Å²) in [6.07, 6.45) is 0.136. The molecule has 0 spiro atoms. The van der Waals surface area contributed by atoms with Gasteiger partial charge in [0.1, 0.15) is 0 Å². The zero-order chi connectivity index (χ0) is 18.9. The molecule has 0 saturated carbocycles. The fourth-order valence-corrected chi connectivity index (χ4v) is 2.76. The number of carbonyl (C=O) groups excluding carboxylic acids is 2. The van der Waals surface area contributed by atoms with Gasteiger partial charge in [-0.2, -0.15) is 0 Å². The van der Waals surface area contributed by atoms with Gasteiger partial charge in [0.15, 0.2) is 0 Å². The minimum absolute atomic E-state index is 0.136. The first-order chi connectivity index (χ1) is 12.5. The van der Waals surface area contributed by atoms with Gasteiger partial charge in [-0.25, -0.2) is 0 Å². The van der Waals surface area contributed by atoms with Gasteiger partial charge in [-0.15, -0.1) is 0 Å². The Morgan fingerprint density at radius 2 is 1.77 bits per heavy atom. The summed E-state index contributed by atoms with van der Waals surface area (Å²) in [5, 5.41) is 9.64. The first kappa shape index (κ1) is 19.9. The largest absolute Gasteiger partial charge is 0.349 e. The van der Waals surface area contributed by atoms with Crippen LogP contribution < -0.4 is 16.0 Å². The molecule has 0 aliphatic carbocycles. The molecular formula is C20H24ClN3O2. The second-order valence-corrected chi connectivity index (χ2v) is 6.43. The number of anilines is 1. The van der Waals surface area contributed by atoms with Gasteiger partial charge < -0.3 is 16.0 Å². The van der Waals surface area contributed by atoms with Crippen molar-refractivity contribution in [2.45, 2.75) is 32.9 Å². The lowest BCUT2D eigenvalue weighted by molar-refractivity contribution is -0.120. The maximum absolute atomic E-state index is 12.6. The Hall–Kier alpha value is -2.37. The summed E-state index contributed by atoms with van der Waals surface area (Å²) >= 11 is 5.92. The Bertz CT molecular complexity index is 747. The minimum atomic E-state index is -0.411. The molecular weight excluding hydrogens is 350 g/mol. The summed E-state index contributed by atoms with van der Waals surface area (Å²) < 4.78 is 0. The predicted molar refractivity (Wildman–Crippen MR) is 105 cm³/mol. The maximum atomic E-state index is 12.6. The number of amides is 2. The molecule has 2 aromatic carbocycles. The van der Waals surface area contributed by atoms with Crippen molar-refractivity contribution < 1.29 is 9.59 Å². The van der Waals surface area contributed by atoms with E-state index in [0.717, 1.165) is 23.4 Å². The van der Waals surface area contributed by atoms with Gasteiger partial charge in [-0.05, 0) is 35.9 Å². The molecule has 5 nitrogen and oxygen atoms in total. The molecule has 0 bridgehead atoms. The number of hydrogen-bond acceptors (Lipinski definition) is 3. The van der Waals surface area contributed by atoms with Gasteiger partial charge in [0.25, 0.3) is 0 Å². The van der Waals surface area contributed by atoms with Crippen molar-refractivity contribution in [1.29, 1.82) is 0 Å². The standard InChI is InChI=1S/C20H24ClN3O2/c1-3-22-13-16-6-4-5-7-18(16)24-20(26)12-19(23-14(2)25)15-8-10-17(21)11-9-15/h4-11,19,22H,3,12-13H2,1-2H3,(H,23,25)(H,24,26). The average Bonchev–Trinajstić information content (AvgIpc) is 2.60. The van der Waals surface area contributed by atoms with Crippen molar-refractivity contribution in [3.63, 3.8) is 0 Å². The molecule has 2 rings (SSSR count). The number of halogens is 1. The number of carbonyl (C=O) groups is 2. The van der Waals surface area contributed by atoms with Crippen LogP contribution in [0, 0.1) is 0 Å². The molecule has 0 fully saturated rings. The summed E-state index contributed by atoms with van der Waals surface area (Å²) in [6, 6.07) is 14.4. The van der Waals surface area contributed by atoms with Crippen LogP contribution in [0.3, 0.4) is 0 Å². The van der Waals surface area contributed by atoms with Crippen LogP contribution in [0.15, 0.2) is 48.5 Å². The van der Waals surface area contributed by atoms with Gasteiger partial charge >= 0.3 is 0 Å². The Morgan fingerprint density at radius 1 is 1.08 bits per heavy atom. The van der Waals surface area contributed by atoms with E-state index < -0.39 is 6.04 Å². The number of benzene rings is 2. The first-order valence-electron chi connectivity index (χ1n) is 8.60. The number of hydrogen-bond donors (Lipinski definition) is 3. The van der Waals surface area contributed by atoms with Crippen molar-refractivity contribution in [1.82, 2.24) is 10.6 Å². The average molecular weight is 374 g/mol. The van der Waals surface area contributed by atoms with E-state index in [1.807, 2.05) is 43.3 Å². The van der Waals surface area contributed by atoms with Crippen LogP contribution in [0.5, 0.6) is 0 Å². The monoisotopic (exact) mass is 373 g/mol. The van der Waals surface area contributed by atoms with Gasteiger partial charge in [-0.3, -0.25) is 9.59 Å². The molecule has 0 saturated heterocycles. The summed E-state index contributed by atoms with van der Waals surface area (Å²) in [7, 11) is 0. The van der Waals surface area contributed by atoms with E-state index in [-0.39, 0.29) is 18.2 Å². The quantitative estimate of drug-likeness (QED) is 0.661. The van der Waals surface area contributed by atoms with Crippen LogP contribution in [-0.2, 0) is 16.1 Å². The molecule has 0 aromatic heterocycles. The van der Waals surface area contributed by atoms with E-state index in [0.29, 0.717) is 11.6 Å². The molecule has 2 aromatic rings. The van der Waals surface area contributed by atoms with E-state index in [1.165, 1.54) is 6.92 Å².